The Morgan fingerprint density at radius 3 is 2.00 bits per heavy atom. The first-order chi connectivity index (χ1) is 7.48. The molecule has 0 aromatic carbocycles. The molecule has 0 radical (unpaired) electrons. The molecule has 1 saturated heterocycles. The number of rotatable bonds is 2. The second-order valence-corrected chi connectivity index (χ2v) is 4.57. The van der Waals surface area contributed by atoms with Crippen molar-refractivity contribution in [2.75, 3.05) is 20.2 Å². The largest absolute Gasteiger partial charge is 0.490 e. The van der Waals surface area contributed by atoms with Gasteiger partial charge in [-0.25, -0.2) is 9.93 Å². The molecule has 102 valence electrons. The summed E-state index contributed by atoms with van der Waals surface area (Å²) < 4.78 is 58.8. The molecular weight excluding hydrogens is 269 g/mol. The van der Waals surface area contributed by atoms with E-state index in [4.69, 9.17) is 19.8 Å². The van der Waals surface area contributed by atoms with E-state index in [9.17, 15) is 21.6 Å². The van der Waals surface area contributed by atoms with Crippen LogP contribution in [0.15, 0.2) is 0 Å². The molecule has 0 spiro atoms. The Hall–Kier alpha value is -0.910. The van der Waals surface area contributed by atoms with Gasteiger partial charge in [0.25, 0.3) is 10.2 Å². The highest BCUT2D eigenvalue weighted by atomic mass is 32.2. The number of carboxylic acids is 1. The Morgan fingerprint density at radius 2 is 1.82 bits per heavy atom. The van der Waals surface area contributed by atoms with Crippen LogP contribution in [0.2, 0.25) is 0 Å². The van der Waals surface area contributed by atoms with Crippen molar-refractivity contribution in [1.29, 1.82) is 0 Å². The maximum atomic E-state index is 10.6. The lowest BCUT2D eigenvalue weighted by Gasteiger charge is -2.35. The Kier molecular flexibility index (Phi) is 5.32. The van der Waals surface area contributed by atoms with Crippen LogP contribution in [0.3, 0.4) is 0 Å². The number of alkyl halides is 3. The summed E-state index contributed by atoms with van der Waals surface area (Å²) in [6.07, 6.45) is -5.06. The van der Waals surface area contributed by atoms with E-state index in [2.05, 4.69) is 0 Å². The average Bonchev–Trinajstić information content (AvgIpc) is 1.98. The lowest BCUT2D eigenvalue weighted by molar-refractivity contribution is -0.192. The number of carboxylic acid groups (broad SMARTS) is 1. The first-order valence-corrected chi connectivity index (χ1v) is 5.59. The summed E-state index contributed by atoms with van der Waals surface area (Å²) in [5.41, 5.74) is 0. The van der Waals surface area contributed by atoms with Crippen LogP contribution >= 0.6 is 0 Å². The van der Waals surface area contributed by atoms with E-state index >= 15 is 0 Å². The summed E-state index contributed by atoms with van der Waals surface area (Å²) in [5.74, 6) is -2.76. The molecule has 0 bridgehead atoms. The van der Waals surface area contributed by atoms with Gasteiger partial charge in [0.2, 0.25) is 0 Å². The van der Waals surface area contributed by atoms with Gasteiger partial charge in [-0.3, -0.25) is 0 Å². The summed E-state index contributed by atoms with van der Waals surface area (Å²) in [6.45, 7) is 0.769. The molecular formula is C6H11F3N2O5S. The number of methoxy groups -OCH3 is 1. The van der Waals surface area contributed by atoms with Crippen molar-refractivity contribution in [3.05, 3.63) is 0 Å². The van der Waals surface area contributed by atoms with Crippen molar-refractivity contribution in [2.45, 2.75) is 12.3 Å². The van der Waals surface area contributed by atoms with Crippen LogP contribution in [0.25, 0.3) is 0 Å². The lowest BCUT2D eigenvalue weighted by atomic mass is 10.2. The van der Waals surface area contributed by atoms with Gasteiger partial charge in [-0.15, -0.1) is 0 Å². The van der Waals surface area contributed by atoms with E-state index in [0.717, 1.165) is 0 Å². The first kappa shape index (κ1) is 16.1. The maximum Gasteiger partial charge on any atom is 0.490 e. The van der Waals surface area contributed by atoms with Crippen molar-refractivity contribution in [3.63, 3.8) is 0 Å². The van der Waals surface area contributed by atoms with Crippen LogP contribution in [0.5, 0.6) is 0 Å². The van der Waals surface area contributed by atoms with E-state index in [1.807, 2.05) is 0 Å². The van der Waals surface area contributed by atoms with Crippen LogP contribution in [-0.4, -0.2) is 56.3 Å². The molecule has 0 aromatic heterocycles. The van der Waals surface area contributed by atoms with Crippen LogP contribution in [0, 0.1) is 0 Å². The van der Waals surface area contributed by atoms with E-state index in [-0.39, 0.29) is 6.10 Å². The minimum atomic E-state index is -5.08. The van der Waals surface area contributed by atoms with Gasteiger partial charge in [0.05, 0.1) is 6.10 Å². The van der Waals surface area contributed by atoms with Crippen LogP contribution in [0.1, 0.15) is 0 Å². The molecule has 1 aliphatic rings. The van der Waals surface area contributed by atoms with E-state index < -0.39 is 22.4 Å². The zero-order valence-corrected chi connectivity index (χ0v) is 9.45. The number of carbonyl (C=O) groups is 1. The monoisotopic (exact) mass is 280 g/mol. The molecule has 0 atom stereocenters. The Morgan fingerprint density at radius 1 is 1.47 bits per heavy atom. The quantitative estimate of drug-likeness (QED) is 0.685. The Balaban J connectivity index is 0.000000325. The molecule has 1 heterocycles. The summed E-state index contributed by atoms with van der Waals surface area (Å²) in [5, 5.41) is 11.9. The average molecular weight is 280 g/mol. The fourth-order valence-electron chi connectivity index (χ4n) is 0.758. The lowest BCUT2D eigenvalue weighted by Crippen LogP contribution is -2.56. The third-order valence-corrected chi connectivity index (χ3v) is 2.77. The van der Waals surface area contributed by atoms with Gasteiger partial charge in [0.15, 0.2) is 0 Å². The topological polar surface area (TPSA) is 110 Å². The minimum absolute atomic E-state index is 0.0262. The minimum Gasteiger partial charge on any atom is -0.475 e. The number of ether oxygens (including phenoxy) is 1. The van der Waals surface area contributed by atoms with Crippen molar-refractivity contribution in [1.82, 2.24) is 4.31 Å². The fraction of sp³-hybridized carbons (Fsp3) is 0.833. The highest BCUT2D eigenvalue weighted by Crippen LogP contribution is 2.13. The SMILES string of the molecule is COC1CN(S(N)(=O)=O)C1.O=C(O)C(F)(F)F. The maximum absolute atomic E-state index is 10.6. The zero-order chi connectivity index (χ0) is 13.9. The molecule has 1 aliphatic heterocycles. The summed E-state index contributed by atoms with van der Waals surface area (Å²) in [6, 6.07) is 0. The Labute approximate surface area is 95.1 Å². The summed E-state index contributed by atoms with van der Waals surface area (Å²) in [7, 11) is -1.91. The number of aliphatic carboxylic acids is 1. The molecule has 11 heteroatoms. The second-order valence-electron chi connectivity index (χ2n) is 3.02. The van der Waals surface area contributed by atoms with Gasteiger partial charge in [-0.1, -0.05) is 0 Å². The van der Waals surface area contributed by atoms with E-state index in [0.29, 0.717) is 13.1 Å². The second kappa shape index (κ2) is 5.62. The van der Waals surface area contributed by atoms with Crippen LogP contribution < -0.4 is 5.14 Å². The number of nitrogens with two attached hydrogens (primary N) is 1. The molecule has 0 amide bonds. The van der Waals surface area contributed by atoms with Crippen LogP contribution in [0.4, 0.5) is 13.2 Å². The molecule has 0 unspecified atom stereocenters. The number of hydrogen-bond donors (Lipinski definition) is 2. The van der Waals surface area contributed by atoms with E-state index in [1.54, 1.807) is 7.11 Å². The van der Waals surface area contributed by atoms with E-state index in [1.165, 1.54) is 4.31 Å². The molecule has 17 heavy (non-hydrogen) atoms. The van der Waals surface area contributed by atoms with Gasteiger partial charge in [0, 0.05) is 20.2 Å². The van der Waals surface area contributed by atoms with Crippen molar-refractivity contribution in [2.24, 2.45) is 5.14 Å². The summed E-state index contributed by atoms with van der Waals surface area (Å²) >= 11 is 0. The highest BCUT2D eigenvalue weighted by molar-refractivity contribution is 7.86. The van der Waals surface area contributed by atoms with Crippen molar-refractivity contribution < 1.29 is 36.2 Å². The molecule has 0 saturated carbocycles. The third kappa shape index (κ3) is 5.81. The predicted molar refractivity (Wildman–Crippen MR) is 49.2 cm³/mol. The van der Waals surface area contributed by atoms with Gasteiger partial charge >= 0.3 is 12.1 Å². The first-order valence-electron chi connectivity index (χ1n) is 4.09. The van der Waals surface area contributed by atoms with Gasteiger partial charge < -0.3 is 9.84 Å². The number of nitrogens with zero attached hydrogens (tertiary/aromatic N) is 1. The van der Waals surface area contributed by atoms with Gasteiger partial charge in [-0.05, 0) is 0 Å². The summed E-state index contributed by atoms with van der Waals surface area (Å²) in [4.78, 5) is 8.90. The standard InChI is InChI=1S/C4H10N2O3S.C2HF3O2/c1-9-4-2-6(3-4)10(5,7)8;3-2(4,5)1(6)7/h4H,2-3H2,1H3,(H2,5,7,8);(H,6,7). The fourth-order valence-corrected chi connectivity index (χ4v) is 1.51. The number of hydrogen-bond acceptors (Lipinski definition) is 4. The van der Waals surface area contributed by atoms with Crippen molar-refractivity contribution >= 4 is 16.2 Å². The zero-order valence-electron chi connectivity index (χ0n) is 8.64. The molecule has 7 nitrogen and oxygen atoms in total. The third-order valence-electron chi connectivity index (χ3n) is 1.75. The Bertz CT molecular complexity index is 362. The highest BCUT2D eigenvalue weighted by Gasteiger charge is 2.38. The van der Waals surface area contributed by atoms with Gasteiger partial charge in [0.1, 0.15) is 0 Å². The molecule has 3 N–H and O–H groups in total. The predicted octanol–water partition coefficient (Wildman–Crippen LogP) is -0.846. The molecule has 0 aliphatic carbocycles. The smallest absolute Gasteiger partial charge is 0.475 e. The van der Waals surface area contributed by atoms with Crippen LogP contribution in [-0.2, 0) is 19.7 Å². The molecule has 1 fully saturated rings. The van der Waals surface area contributed by atoms with Crippen molar-refractivity contribution in [3.8, 4) is 0 Å². The normalized spacial score (nSPS) is 17.9. The molecule has 0 aromatic rings. The molecule has 1 rings (SSSR count). The number of halogens is 3. The van der Waals surface area contributed by atoms with Gasteiger partial charge in [-0.2, -0.15) is 25.9 Å².